The molecule has 0 fully saturated rings. The first kappa shape index (κ1) is 21.3. The maximum atomic E-state index is 12.8. The molecule has 28 heavy (non-hydrogen) atoms. The summed E-state index contributed by atoms with van der Waals surface area (Å²) in [6, 6.07) is 12.9. The number of halogens is 1. The van der Waals surface area contributed by atoms with Crippen LogP contribution in [-0.4, -0.2) is 32.9 Å². The average Bonchev–Trinajstić information content (AvgIpc) is 2.68. The van der Waals surface area contributed by atoms with Gasteiger partial charge >= 0.3 is 0 Å². The zero-order valence-electron chi connectivity index (χ0n) is 15.0. The quantitative estimate of drug-likeness (QED) is 0.565. The van der Waals surface area contributed by atoms with Gasteiger partial charge in [-0.2, -0.15) is 0 Å². The lowest BCUT2D eigenvalue weighted by atomic mass is 10.3. The third-order valence-electron chi connectivity index (χ3n) is 3.52. The largest absolute Gasteiger partial charge is 0.481 e. The Labute approximate surface area is 162 Å². The molecule has 0 spiro atoms. The SMILES string of the molecule is C[C@H](Oc1ccc(F)cc1)C(=O)NNC(=O)CCNS(=O)(=O)c1ccccc1. The minimum atomic E-state index is -3.70. The van der Waals surface area contributed by atoms with Crippen LogP contribution in [0.2, 0.25) is 0 Å². The predicted octanol–water partition coefficient (Wildman–Crippen LogP) is 1.11. The molecule has 0 saturated carbocycles. The molecule has 0 heterocycles. The van der Waals surface area contributed by atoms with Gasteiger partial charge in [-0.3, -0.25) is 20.4 Å². The minimum Gasteiger partial charge on any atom is -0.481 e. The third kappa shape index (κ3) is 6.63. The van der Waals surface area contributed by atoms with Crippen molar-refractivity contribution in [2.75, 3.05) is 6.54 Å². The van der Waals surface area contributed by atoms with Crippen molar-refractivity contribution in [2.45, 2.75) is 24.3 Å². The lowest BCUT2D eigenvalue weighted by Crippen LogP contribution is -2.47. The number of amides is 2. The number of hydrazine groups is 1. The summed E-state index contributed by atoms with van der Waals surface area (Å²) in [5.74, 6) is -1.34. The summed E-state index contributed by atoms with van der Waals surface area (Å²) in [5.41, 5.74) is 4.35. The molecule has 0 unspecified atom stereocenters. The van der Waals surface area contributed by atoms with Gasteiger partial charge in [0.05, 0.1) is 4.90 Å². The maximum Gasteiger partial charge on any atom is 0.279 e. The third-order valence-corrected chi connectivity index (χ3v) is 5.00. The van der Waals surface area contributed by atoms with Crippen molar-refractivity contribution < 1.29 is 27.1 Å². The molecule has 1 atom stereocenters. The fraction of sp³-hybridized carbons (Fsp3) is 0.222. The highest BCUT2D eigenvalue weighted by molar-refractivity contribution is 7.89. The molecule has 2 aromatic carbocycles. The van der Waals surface area contributed by atoms with E-state index in [1.165, 1.54) is 43.3 Å². The van der Waals surface area contributed by atoms with E-state index in [0.717, 1.165) is 0 Å². The number of ether oxygens (including phenoxy) is 1. The van der Waals surface area contributed by atoms with Crippen LogP contribution in [0.1, 0.15) is 13.3 Å². The molecule has 0 aliphatic rings. The normalized spacial score (nSPS) is 12.1. The molecule has 0 aliphatic heterocycles. The number of nitrogens with one attached hydrogen (secondary N) is 3. The lowest BCUT2D eigenvalue weighted by molar-refractivity contribution is -0.132. The summed E-state index contributed by atoms with van der Waals surface area (Å²) in [7, 11) is -3.70. The van der Waals surface area contributed by atoms with Gasteiger partial charge in [0.1, 0.15) is 11.6 Å². The predicted molar refractivity (Wildman–Crippen MR) is 99.0 cm³/mol. The Kier molecular flexibility index (Phi) is 7.47. The van der Waals surface area contributed by atoms with Crippen LogP contribution in [0, 0.1) is 5.82 Å². The van der Waals surface area contributed by atoms with Crippen LogP contribution in [0.15, 0.2) is 59.5 Å². The van der Waals surface area contributed by atoms with Crippen LogP contribution in [-0.2, 0) is 19.6 Å². The van der Waals surface area contributed by atoms with E-state index in [1.54, 1.807) is 18.2 Å². The molecule has 150 valence electrons. The Morgan fingerprint density at radius 2 is 1.68 bits per heavy atom. The summed E-state index contributed by atoms with van der Waals surface area (Å²) in [6.07, 6.45) is -1.12. The summed E-state index contributed by atoms with van der Waals surface area (Å²) in [5, 5.41) is 0. The molecule has 8 nitrogen and oxygen atoms in total. The Hall–Kier alpha value is -2.98. The molecule has 0 radical (unpaired) electrons. The Morgan fingerprint density at radius 1 is 1.04 bits per heavy atom. The molecule has 0 aliphatic carbocycles. The lowest BCUT2D eigenvalue weighted by Gasteiger charge is -2.15. The first-order valence-electron chi connectivity index (χ1n) is 8.33. The molecule has 0 bridgehead atoms. The number of carbonyl (C=O) groups excluding carboxylic acids is 2. The van der Waals surface area contributed by atoms with Crippen molar-refractivity contribution in [3.63, 3.8) is 0 Å². The molecular weight excluding hydrogens is 389 g/mol. The summed E-state index contributed by atoms with van der Waals surface area (Å²) in [6.45, 7) is 1.32. The number of rotatable bonds is 8. The van der Waals surface area contributed by atoms with E-state index < -0.39 is 33.8 Å². The van der Waals surface area contributed by atoms with Crippen LogP contribution >= 0.6 is 0 Å². The van der Waals surface area contributed by atoms with E-state index in [2.05, 4.69) is 15.6 Å². The number of sulfonamides is 1. The van der Waals surface area contributed by atoms with E-state index in [4.69, 9.17) is 4.74 Å². The average molecular weight is 409 g/mol. The second kappa shape index (κ2) is 9.81. The Balaban J connectivity index is 1.71. The molecule has 3 N–H and O–H groups in total. The van der Waals surface area contributed by atoms with E-state index in [-0.39, 0.29) is 17.9 Å². The van der Waals surface area contributed by atoms with Gasteiger partial charge in [-0.1, -0.05) is 18.2 Å². The highest BCUT2D eigenvalue weighted by atomic mass is 32.2. The molecule has 2 aromatic rings. The topological polar surface area (TPSA) is 114 Å². The monoisotopic (exact) mass is 409 g/mol. The number of carbonyl (C=O) groups is 2. The maximum absolute atomic E-state index is 12.8. The van der Waals surface area contributed by atoms with Crippen LogP contribution in [0.3, 0.4) is 0 Å². The van der Waals surface area contributed by atoms with Crippen LogP contribution in [0.4, 0.5) is 4.39 Å². The van der Waals surface area contributed by atoms with E-state index in [0.29, 0.717) is 5.75 Å². The fourth-order valence-electron chi connectivity index (χ4n) is 2.05. The van der Waals surface area contributed by atoms with Crippen molar-refractivity contribution in [1.82, 2.24) is 15.6 Å². The van der Waals surface area contributed by atoms with Gasteiger partial charge in [-0.15, -0.1) is 0 Å². The van der Waals surface area contributed by atoms with Gasteiger partial charge in [0.2, 0.25) is 15.9 Å². The van der Waals surface area contributed by atoms with Gasteiger partial charge < -0.3 is 4.74 Å². The smallest absolute Gasteiger partial charge is 0.279 e. The van der Waals surface area contributed by atoms with E-state index in [1.807, 2.05) is 0 Å². The van der Waals surface area contributed by atoms with Crippen LogP contribution in [0.5, 0.6) is 5.75 Å². The highest BCUT2D eigenvalue weighted by Gasteiger charge is 2.16. The summed E-state index contributed by atoms with van der Waals surface area (Å²) >= 11 is 0. The number of hydrogen-bond acceptors (Lipinski definition) is 5. The van der Waals surface area contributed by atoms with E-state index >= 15 is 0 Å². The Morgan fingerprint density at radius 3 is 2.32 bits per heavy atom. The van der Waals surface area contributed by atoms with Crippen molar-refractivity contribution in [1.29, 1.82) is 0 Å². The van der Waals surface area contributed by atoms with Crippen molar-refractivity contribution >= 4 is 21.8 Å². The molecule has 2 amide bonds. The van der Waals surface area contributed by atoms with Crippen molar-refractivity contribution in [3.05, 3.63) is 60.4 Å². The van der Waals surface area contributed by atoms with Gasteiger partial charge in [-0.05, 0) is 43.3 Å². The molecule has 0 saturated heterocycles. The second-order valence-corrected chi connectivity index (χ2v) is 7.48. The first-order chi connectivity index (χ1) is 13.3. The number of hydrogen-bond donors (Lipinski definition) is 3. The summed E-state index contributed by atoms with van der Waals surface area (Å²) < 4.78 is 44.5. The standard InChI is InChI=1S/C18H20FN3O5S/c1-13(27-15-9-7-14(19)8-10-15)18(24)22-21-17(23)11-12-20-28(25,26)16-5-3-2-4-6-16/h2-10,13,20H,11-12H2,1H3,(H,21,23)(H,22,24)/t13-/m0/s1. The highest BCUT2D eigenvalue weighted by Crippen LogP contribution is 2.12. The van der Waals surface area contributed by atoms with E-state index in [9.17, 15) is 22.4 Å². The Bertz CT molecular complexity index is 905. The minimum absolute atomic E-state index is 0.0930. The fourth-order valence-corrected chi connectivity index (χ4v) is 3.10. The first-order valence-corrected chi connectivity index (χ1v) is 9.82. The molecule has 0 aromatic heterocycles. The zero-order valence-corrected chi connectivity index (χ0v) is 15.8. The molecular formula is C18H20FN3O5S. The molecule has 10 heteroatoms. The van der Waals surface area contributed by atoms with Crippen LogP contribution in [0.25, 0.3) is 0 Å². The van der Waals surface area contributed by atoms with Gasteiger partial charge in [0.15, 0.2) is 6.10 Å². The number of benzene rings is 2. The zero-order chi connectivity index (χ0) is 20.6. The van der Waals surface area contributed by atoms with Crippen molar-refractivity contribution in [3.8, 4) is 5.75 Å². The second-order valence-electron chi connectivity index (χ2n) is 5.71. The van der Waals surface area contributed by atoms with Gasteiger partial charge in [0, 0.05) is 13.0 Å². The van der Waals surface area contributed by atoms with Gasteiger partial charge in [-0.25, -0.2) is 17.5 Å². The van der Waals surface area contributed by atoms with Gasteiger partial charge in [0.25, 0.3) is 5.91 Å². The molecule has 2 rings (SSSR count). The van der Waals surface area contributed by atoms with Crippen LogP contribution < -0.4 is 20.3 Å². The summed E-state index contributed by atoms with van der Waals surface area (Å²) in [4.78, 5) is 23.7. The van der Waals surface area contributed by atoms with Crippen molar-refractivity contribution in [2.24, 2.45) is 0 Å².